The quantitative estimate of drug-likeness (QED) is 0.889. The van der Waals surface area contributed by atoms with Crippen molar-refractivity contribution in [1.82, 2.24) is 4.90 Å². The molecule has 0 aromatic heterocycles. The lowest BCUT2D eigenvalue weighted by atomic mass is 9.99. The highest BCUT2D eigenvalue weighted by molar-refractivity contribution is 5.85. The Labute approximate surface area is 138 Å². The van der Waals surface area contributed by atoms with E-state index in [9.17, 15) is 4.79 Å². The van der Waals surface area contributed by atoms with Gasteiger partial charge in [-0.05, 0) is 18.1 Å². The van der Waals surface area contributed by atoms with E-state index in [1.165, 1.54) is 0 Å². The van der Waals surface area contributed by atoms with Crippen LogP contribution in [0, 0.1) is 0 Å². The number of amides is 1. The molecular formula is C18H23ClN2O. The van der Waals surface area contributed by atoms with Gasteiger partial charge in [0.25, 0.3) is 0 Å². The largest absolute Gasteiger partial charge is 0.337 e. The zero-order chi connectivity index (χ0) is 15.1. The highest BCUT2D eigenvalue weighted by atomic mass is 35.5. The highest BCUT2D eigenvalue weighted by Gasteiger charge is 2.21. The maximum Gasteiger partial charge on any atom is 0.230 e. The second kappa shape index (κ2) is 9.23. The summed E-state index contributed by atoms with van der Waals surface area (Å²) in [5.74, 6) is -0.0306. The Balaban J connectivity index is 0.00000242. The van der Waals surface area contributed by atoms with Crippen molar-refractivity contribution in [2.45, 2.75) is 19.4 Å². The summed E-state index contributed by atoms with van der Waals surface area (Å²) < 4.78 is 0. The van der Waals surface area contributed by atoms with E-state index in [1.54, 1.807) is 0 Å². The van der Waals surface area contributed by atoms with Crippen molar-refractivity contribution in [2.24, 2.45) is 5.73 Å². The number of hydrogen-bond donors (Lipinski definition) is 1. The van der Waals surface area contributed by atoms with E-state index in [1.807, 2.05) is 72.5 Å². The van der Waals surface area contributed by atoms with Crippen molar-refractivity contribution >= 4 is 18.3 Å². The van der Waals surface area contributed by atoms with Crippen molar-refractivity contribution in [3.63, 3.8) is 0 Å². The Kier molecular flexibility index (Phi) is 7.64. The molecule has 2 rings (SSSR count). The third kappa shape index (κ3) is 4.86. The molecule has 1 atom stereocenters. The van der Waals surface area contributed by atoms with E-state index in [0.717, 1.165) is 11.1 Å². The standard InChI is InChI=1S/C18H22N2O.ClH/c1-15(17-10-6-3-7-11-17)18(21)20(13-12-19)14-16-8-4-2-5-9-16;/h2-11,15H,12-14,19H2,1H3;1H. The molecule has 0 aliphatic heterocycles. The second-order valence-electron chi connectivity index (χ2n) is 5.17. The third-order valence-electron chi connectivity index (χ3n) is 3.60. The van der Waals surface area contributed by atoms with Crippen LogP contribution in [0.5, 0.6) is 0 Å². The number of benzene rings is 2. The molecule has 22 heavy (non-hydrogen) atoms. The Morgan fingerprint density at radius 2 is 1.59 bits per heavy atom. The molecule has 0 saturated carbocycles. The Bertz CT molecular complexity index is 560. The Morgan fingerprint density at radius 1 is 1.05 bits per heavy atom. The van der Waals surface area contributed by atoms with Gasteiger partial charge in [0.05, 0.1) is 5.92 Å². The maximum atomic E-state index is 12.7. The van der Waals surface area contributed by atoms with Crippen molar-refractivity contribution in [3.05, 3.63) is 71.8 Å². The van der Waals surface area contributed by atoms with Crippen molar-refractivity contribution in [3.8, 4) is 0 Å². The van der Waals surface area contributed by atoms with Gasteiger partial charge in [-0.25, -0.2) is 0 Å². The minimum absolute atomic E-state index is 0. The topological polar surface area (TPSA) is 46.3 Å². The molecule has 0 spiro atoms. The van der Waals surface area contributed by atoms with Gasteiger partial charge in [0.15, 0.2) is 0 Å². The van der Waals surface area contributed by atoms with Crippen LogP contribution in [-0.2, 0) is 11.3 Å². The highest BCUT2D eigenvalue weighted by Crippen LogP contribution is 2.18. The lowest BCUT2D eigenvalue weighted by Crippen LogP contribution is -2.37. The van der Waals surface area contributed by atoms with Gasteiger partial charge < -0.3 is 10.6 Å². The molecule has 0 saturated heterocycles. The summed E-state index contributed by atoms with van der Waals surface area (Å²) in [5, 5.41) is 0. The fourth-order valence-electron chi connectivity index (χ4n) is 2.38. The van der Waals surface area contributed by atoms with Crippen LogP contribution in [0.4, 0.5) is 0 Å². The van der Waals surface area contributed by atoms with E-state index in [-0.39, 0.29) is 24.2 Å². The Hall–Kier alpha value is -1.84. The van der Waals surface area contributed by atoms with Crippen LogP contribution in [0.1, 0.15) is 24.0 Å². The number of hydrogen-bond acceptors (Lipinski definition) is 2. The van der Waals surface area contributed by atoms with Crippen LogP contribution in [0.25, 0.3) is 0 Å². The minimum Gasteiger partial charge on any atom is -0.337 e. The summed E-state index contributed by atoms with van der Waals surface area (Å²) in [4.78, 5) is 14.5. The smallest absolute Gasteiger partial charge is 0.230 e. The molecule has 0 heterocycles. The summed E-state index contributed by atoms with van der Waals surface area (Å²) in [5.41, 5.74) is 7.83. The van der Waals surface area contributed by atoms with E-state index in [2.05, 4.69) is 0 Å². The number of carbonyl (C=O) groups is 1. The van der Waals surface area contributed by atoms with Gasteiger partial charge in [-0.2, -0.15) is 0 Å². The van der Waals surface area contributed by atoms with Gasteiger partial charge >= 0.3 is 0 Å². The van der Waals surface area contributed by atoms with Gasteiger partial charge in [-0.3, -0.25) is 4.79 Å². The lowest BCUT2D eigenvalue weighted by molar-refractivity contribution is -0.133. The predicted octanol–water partition coefficient (Wildman–Crippen LogP) is 3.20. The van der Waals surface area contributed by atoms with Gasteiger partial charge in [0, 0.05) is 19.6 Å². The second-order valence-corrected chi connectivity index (χ2v) is 5.17. The molecule has 3 nitrogen and oxygen atoms in total. The monoisotopic (exact) mass is 318 g/mol. The van der Waals surface area contributed by atoms with Crippen LogP contribution in [0.15, 0.2) is 60.7 Å². The Morgan fingerprint density at radius 3 is 2.14 bits per heavy atom. The SMILES string of the molecule is CC(C(=O)N(CCN)Cc1ccccc1)c1ccccc1.Cl. The minimum atomic E-state index is -0.151. The zero-order valence-electron chi connectivity index (χ0n) is 12.8. The van der Waals surface area contributed by atoms with E-state index in [0.29, 0.717) is 19.6 Å². The molecule has 0 aliphatic carbocycles. The molecule has 118 valence electrons. The van der Waals surface area contributed by atoms with Crippen LogP contribution in [0.2, 0.25) is 0 Å². The molecule has 2 aromatic carbocycles. The molecule has 4 heteroatoms. The number of halogens is 1. The van der Waals surface area contributed by atoms with Gasteiger partial charge in [-0.15, -0.1) is 12.4 Å². The van der Waals surface area contributed by atoms with Gasteiger partial charge in [0.1, 0.15) is 0 Å². The molecule has 0 aliphatic rings. The molecule has 1 amide bonds. The van der Waals surface area contributed by atoms with E-state index < -0.39 is 0 Å². The summed E-state index contributed by atoms with van der Waals surface area (Å²) in [6.45, 7) is 3.60. The first-order valence-corrected chi connectivity index (χ1v) is 7.30. The third-order valence-corrected chi connectivity index (χ3v) is 3.60. The number of nitrogens with zero attached hydrogens (tertiary/aromatic N) is 1. The van der Waals surface area contributed by atoms with Crippen LogP contribution >= 0.6 is 12.4 Å². The molecule has 1 unspecified atom stereocenters. The summed E-state index contributed by atoms with van der Waals surface area (Å²) in [6, 6.07) is 19.9. The normalized spacial score (nSPS) is 11.4. The molecule has 2 aromatic rings. The fraction of sp³-hybridized carbons (Fsp3) is 0.278. The lowest BCUT2D eigenvalue weighted by Gasteiger charge is -2.25. The first-order chi connectivity index (χ1) is 10.2. The zero-order valence-corrected chi connectivity index (χ0v) is 13.6. The molecular weight excluding hydrogens is 296 g/mol. The van der Waals surface area contributed by atoms with Gasteiger partial charge in [-0.1, -0.05) is 60.7 Å². The first kappa shape index (κ1) is 18.2. The van der Waals surface area contributed by atoms with Crippen LogP contribution in [0.3, 0.4) is 0 Å². The molecule has 2 N–H and O–H groups in total. The maximum absolute atomic E-state index is 12.7. The predicted molar refractivity (Wildman–Crippen MR) is 93.0 cm³/mol. The van der Waals surface area contributed by atoms with Crippen LogP contribution in [-0.4, -0.2) is 23.9 Å². The van der Waals surface area contributed by atoms with Crippen molar-refractivity contribution < 1.29 is 4.79 Å². The van der Waals surface area contributed by atoms with E-state index >= 15 is 0 Å². The average Bonchev–Trinajstić information content (AvgIpc) is 2.55. The summed E-state index contributed by atoms with van der Waals surface area (Å²) in [7, 11) is 0. The number of carbonyl (C=O) groups excluding carboxylic acids is 1. The summed E-state index contributed by atoms with van der Waals surface area (Å²) >= 11 is 0. The number of rotatable bonds is 6. The first-order valence-electron chi connectivity index (χ1n) is 7.30. The fourth-order valence-corrected chi connectivity index (χ4v) is 2.38. The van der Waals surface area contributed by atoms with Gasteiger partial charge in [0.2, 0.25) is 5.91 Å². The average molecular weight is 319 g/mol. The van der Waals surface area contributed by atoms with Crippen molar-refractivity contribution in [1.29, 1.82) is 0 Å². The van der Waals surface area contributed by atoms with Crippen molar-refractivity contribution in [2.75, 3.05) is 13.1 Å². The molecule has 0 radical (unpaired) electrons. The molecule has 0 bridgehead atoms. The van der Waals surface area contributed by atoms with Crippen LogP contribution < -0.4 is 5.73 Å². The summed E-state index contributed by atoms with van der Waals surface area (Å²) in [6.07, 6.45) is 0. The van der Waals surface area contributed by atoms with E-state index in [4.69, 9.17) is 5.73 Å². The molecule has 0 fully saturated rings. The number of nitrogens with two attached hydrogens (primary N) is 1.